The second-order valence-corrected chi connectivity index (χ2v) is 8.76. The number of sulfonamides is 1. The number of aromatic amines is 1. The van der Waals surface area contributed by atoms with Crippen LogP contribution in [0.25, 0.3) is 0 Å². The molecule has 1 N–H and O–H groups in total. The fourth-order valence-electron chi connectivity index (χ4n) is 3.44. The molecule has 2 aromatic rings. The third-order valence-corrected chi connectivity index (χ3v) is 7.12. The van der Waals surface area contributed by atoms with Gasteiger partial charge < -0.3 is 9.64 Å². The van der Waals surface area contributed by atoms with Gasteiger partial charge in [-0.15, -0.1) is 0 Å². The Morgan fingerprint density at radius 1 is 1.03 bits per heavy atom. The molecule has 1 aliphatic heterocycles. The van der Waals surface area contributed by atoms with Crippen molar-refractivity contribution in [2.45, 2.75) is 25.2 Å². The van der Waals surface area contributed by atoms with Crippen LogP contribution in [-0.2, 0) is 14.8 Å². The van der Waals surface area contributed by atoms with Crippen molar-refractivity contribution in [3.63, 3.8) is 0 Å². The van der Waals surface area contributed by atoms with Gasteiger partial charge in [-0.25, -0.2) is 13.2 Å². The number of benzene rings is 1. The van der Waals surface area contributed by atoms with Gasteiger partial charge in [0.15, 0.2) is 0 Å². The van der Waals surface area contributed by atoms with Crippen molar-refractivity contribution in [1.82, 2.24) is 19.4 Å². The molecular weight excluding hydrogens is 396 g/mol. The molecule has 0 atom stereocenters. The molecule has 2 heterocycles. The number of rotatable bonds is 4. The lowest BCUT2D eigenvalue weighted by Crippen LogP contribution is -2.37. The van der Waals surface area contributed by atoms with E-state index in [1.807, 2.05) is 0 Å². The summed E-state index contributed by atoms with van der Waals surface area (Å²) in [6, 6.07) is 6.23. The molecule has 9 nitrogen and oxygen atoms in total. The number of carbonyl (C=O) groups is 2. The van der Waals surface area contributed by atoms with Gasteiger partial charge >= 0.3 is 5.97 Å². The summed E-state index contributed by atoms with van der Waals surface area (Å²) in [6.45, 7) is 4.61. The van der Waals surface area contributed by atoms with E-state index >= 15 is 0 Å². The lowest BCUT2D eigenvalue weighted by molar-refractivity contribution is 0.0599. The van der Waals surface area contributed by atoms with Crippen molar-refractivity contribution in [3.8, 4) is 0 Å². The zero-order valence-electron chi connectivity index (χ0n) is 16.6. The fraction of sp³-hybridized carbons (Fsp3) is 0.421. The van der Waals surface area contributed by atoms with Crippen LogP contribution in [0.3, 0.4) is 0 Å². The molecule has 0 aliphatic carbocycles. The van der Waals surface area contributed by atoms with Crippen LogP contribution in [0.4, 0.5) is 0 Å². The maximum atomic E-state index is 13.0. The number of hydrogen-bond acceptors (Lipinski definition) is 6. The van der Waals surface area contributed by atoms with Gasteiger partial charge in [-0.1, -0.05) is 0 Å². The van der Waals surface area contributed by atoms with Crippen LogP contribution in [0.1, 0.15) is 38.5 Å². The first-order valence-electron chi connectivity index (χ1n) is 9.25. The van der Waals surface area contributed by atoms with Crippen LogP contribution in [0, 0.1) is 13.8 Å². The lowest BCUT2D eigenvalue weighted by atomic mass is 10.1. The van der Waals surface area contributed by atoms with E-state index in [1.54, 1.807) is 30.9 Å². The zero-order valence-corrected chi connectivity index (χ0v) is 17.5. The molecule has 3 rings (SSSR count). The number of aromatic nitrogens is 2. The Labute approximate surface area is 169 Å². The molecule has 1 amide bonds. The summed E-state index contributed by atoms with van der Waals surface area (Å²) < 4.78 is 32.1. The highest BCUT2D eigenvalue weighted by molar-refractivity contribution is 7.89. The van der Waals surface area contributed by atoms with Gasteiger partial charge in [0.05, 0.1) is 24.1 Å². The van der Waals surface area contributed by atoms with E-state index in [2.05, 4.69) is 14.9 Å². The summed E-state index contributed by atoms with van der Waals surface area (Å²) in [7, 11) is -2.39. The summed E-state index contributed by atoms with van der Waals surface area (Å²) in [4.78, 5) is 26.2. The summed E-state index contributed by atoms with van der Waals surface area (Å²) >= 11 is 0. The summed E-state index contributed by atoms with van der Waals surface area (Å²) in [6.07, 6.45) is 0.529. The molecule has 1 aromatic heterocycles. The predicted octanol–water partition coefficient (Wildman–Crippen LogP) is 1.35. The number of nitrogens with one attached hydrogen (secondary N) is 1. The fourth-order valence-corrected chi connectivity index (χ4v) is 5.24. The highest BCUT2D eigenvalue weighted by atomic mass is 32.2. The monoisotopic (exact) mass is 420 g/mol. The molecule has 1 fully saturated rings. The standard InChI is InChI=1S/C19H24N4O5S/c1-13-17(14(2)21-20-13)29(26,27)23-10-4-9-22(11-12-23)18(24)15-5-7-16(8-6-15)19(25)28-3/h5-8H,4,9-12H2,1-3H3,(H,20,21). The lowest BCUT2D eigenvalue weighted by Gasteiger charge is -2.22. The van der Waals surface area contributed by atoms with Gasteiger partial charge in [-0.2, -0.15) is 9.40 Å². The number of H-pyrrole nitrogens is 1. The quantitative estimate of drug-likeness (QED) is 0.747. The van der Waals surface area contributed by atoms with Gasteiger partial charge in [0.1, 0.15) is 4.90 Å². The van der Waals surface area contributed by atoms with Crippen molar-refractivity contribution in [2.24, 2.45) is 0 Å². The Kier molecular flexibility index (Phi) is 6.04. The first-order valence-corrected chi connectivity index (χ1v) is 10.7. The zero-order chi connectivity index (χ0) is 21.2. The molecule has 0 saturated carbocycles. The minimum Gasteiger partial charge on any atom is -0.465 e. The molecule has 1 saturated heterocycles. The minimum absolute atomic E-state index is 0.198. The number of esters is 1. The number of aryl methyl sites for hydroxylation is 2. The van der Waals surface area contributed by atoms with E-state index in [-0.39, 0.29) is 23.9 Å². The normalized spacial score (nSPS) is 15.8. The third-order valence-electron chi connectivity index (χ3n) is 4.95. The molecule has 0 bridgehead atoms. The Morgan fingerprint density at radius 3 is 2.28 bits per heavy atom. The molecule has 29 heavy (non-hydrogen) atoms. The maximum Gasteiger partial charge on any atom is 0.337 e. The van der Waals surface area contributed by atoms with Gasteiger partial charge in [-0.3, -0.25) is 9.89 Å². The SMILES string of the molecule is COC(=O)c1ccc(C(=O)N2CCCN(S(=O)(=O)c3c(C)n[nH]c3C)CC2)cc1. The topological polar surface area (TPSA) is 113 Å². The van der Waals surface area contributed by atoms with E-state index in [0.717, 1.165) is 0 Å². The van der Waals surface area contributed by atoms with E-state index < -0.39 is 16.0 Å². The summed E-state index contributed by atoms with van der Waals surface area (Å²) in [5, 5.41) is 6.69. The first kappa shape index (κ1) is 21.0. The Hall–Kier alpha value is -2.72. The van der Waals surface area contributed by atoms with Crippen molar-refractivity contribution < 1.29 is 22.7 Å². The van der Waals surface area contributed by atoms with Crippen LogP contribution in [0.2, 0.25) is 0 Å². The van der Waals surface area contributed by atoms with Crippen LogP contribution < -0.4 is 0 Å². The number of hydrogen-bond donors (Lipinski definition) is 1. The highest BCUT2D eigenvalue weighted by Crippen LogP contribution is 2.23. The van der Waals surface area contributed by atoms with Gasteiger partial charge in [0, 0.05) is 31.7 Å². The Balaban J connectivity index is 1.73. The van der Waals surface area contributed by atoms with Crippen LogP contribution in [0.5, 0.6) is 0 Å². The second-order valence-electron chi connectivity index (χ2n) is 6.88. The van der Waals surface area contributed by atoms with E-state index in [9.17, 15) is 18.0 Å². The smallest absolute Gasteiger partial charge is 0.337 e. The van der Waals surface area contributed by atoms with Crippen LogP contribution in [-0.4, -0.2) is 73.0 Å². The molecule has 1 aliphatic rings. The van der Waals surface area contributed by atoms with Gasteiger partial charge in [0.2, 0.25) is 10.0 Å². The minimum atomic E-state index is -3.68. The molecular formula is C19H24N4O5S. The number of carbonyl (C=O) groups excluding carboxylic acids is 2. The summed E-state index contributed by atoms with van der Waals surface area (Å²) in [5.41, 5.74) is 1.74. The average Bonchev–Trinajstić information content (AvgIpc) is 2.91. The van der Waals surface area contributed by atoms with Crippen molar-refractivity contribution in [3.05, 3.63) is 46.8 Å². The van der Waals surface area contributed by atoms with E-state index in [1.165, 1.54) is 23.5 Å². The van der Waals surface area contributed by atoms with Gasteiger partial charge in [-0.05, 0) is 44.5 Å². The predicted molar refractivity (Wildman–Crippen MR) is 105 cm³/mol. The molecule has 10 heteroatoms. The van der Waals surface area contributed by atoms with E-state index in [0.29, 0.717) is 42.0 Å². The largest absolute Gasteiger partial charge is 0.465 e. The summed E-state index contributed by atoms with van der Waals surface area (Å²) in [5.74, 6) is -0.666. The van der Waals surface area contributed by atoms with Crippen LogP contribution in [0.15, 0.2) is 29.2 Å². The molecule has 0 radical (unpaired) electrons. The Morgan fingerprint density at radius 2 is 1.69 bits per heavy atom. The number of amides is 1. The first-order chi connectivity index (χ1) is 13.8. The highest BCUT2D eigenvalue weighted by Gasteiger charge is 2.32. The number of nitrogens with zero attached hydrogens (tertiary/aromatic N) is 3. The molecule has 0 unspecified atom stereocenters. The van der Waals surface area contributed by atoms with Gasteiger partial charge in [0.25, 0.3) is 5.91 Å². The van der Waals surface area contributed by atoms with Crippen molar-refractivity contribution in [2.75, 3.05) is 33.3 Å². The van der Waals surface area contributed by atoms with Crippen LogP contribution >= 0.6 is 0 Å². The maximum absolute atomic E-state index is 13.0. The number of methoxy groups -OCH3 is 1. The molecule has 0 spiro atoms. The van der Waals surface area contributed by atoms with Crippen molar-refractivity contribution >= 4 is 21.9 Å². The average molecular weight is 420 g/mol. The van der Waals surface area contributed by atoms with Crippen molar-refractivity contribution in [1.29, 1.82) is 0 Å². The third kappa shape index (κ3) is 4.18. The Bertz CT molecular complexity index is 994. The second kappa shape index (κ2) is 8.34. The molecule has 156 valence electrons. The number of ether oxygens (including phenoxy) is 1. The molecule has 1 aromatic carbocycles. The van der Waals surface area contributed by atoms with E-state index in [4.69, 9.17) is 0 Å².